The SMILES string of the molecule is c1ccc2c(c1)N=C(c1cc3ccccc3o1)[C@H]2c1c(-c2cc3ccccc3o2)[nH]c2ccccc12. The van der Waals surface area contributed by atoms with E-state index in [1.54, 1.807) is 0 Å². The molecule has 4 heteroatoms. The molecule has 4 heterocycles. The second-order valence-corrected chi connectivity index (χ2v) is 9.25. The van der Waals surface area contributed by atoms with Crippen molar-refractivity contribution >= 4 is 44.2 Å². The highest BCUT2D eigenvalue weighted by Crippen LogP contribution is 2.48. The fourth-order valence-electron chi connectivity index (χ4n) is 5.54. The molecule has 0 spiro atoms. The molecular weight excluding hydrogens is 444 g/mol. The Morgan fingerprint density at radius 3 is 2.08 bits per heavy atom. The van der Waals surface area contributed by atoms with E-state index in [2.05, 4.69) is 71.7 Å². The molecular formula is C32H20N2O2. The minimum Gasteiger partial charge on any atom is -0.455 e. The van der Waals surface area contributed by atoms with Gasteiger partial charge in [0.25, 0.3) is 0 Å². The van der Waals surface area contributed by atoms with E-state index < -0.39 is 0 Å². The van der Waals surface area contributed by atoms with Crippen LogP contribution in [0.2, 0.25) is 0 Å². The highest BCUT2D eigenvalue weighted by atomic mass is 16.3. The number of aromatic nitrogens is 1. The van der Waals surface area contributed by atoms with E-state index in [0.29, 0.717) is 0 Å². The Labute approximate surface area is 206 Å². The van der Waals surface area contributed by atoms with Crippen LogP contribution in [0.4, 0.5) is 5.69 Å². The molecule has 0 saturated carbocycles. The van der Waals surface area contributed by atoms with Crippen LogP contribution in [0.1, 0.15) is 22.8 Å². The molecule has 36 heavy (non-hydrogen) atoms. The van der Waals surface area contributed by atoms with Gasteiger partial charge in [-0.15, -0.1) is 0 Å². The molecule has 7 aromatic rings. The highest BCUT2D eigenvalue weighted by molar-refractivity contribution is 6.14. The average Bonchev–Trinajstić information content (AvgIpc) is 3.69. The van der Waals surface area contributed by atoms with Gasteiger partial charge in [-0.1, -0.05) is 72.8 Å². The van der Waals surface area contributed by atoms with Crippen LogP contribution in [0.25, 0.3) is 44.3 Å². The predicted octanol–water partition coefficient (Wildman–Crippen LogP) is 8.59. The van der Waals surface area contributed by atoms with Gasteiger partial charge in [0.15, 0.2) is 11.5 Å². The number of nitrogens with one attached hydrogen (secondary N) is 1. The molecule has 8 rings (SSSR count). The van der Waals surface area contributed by atoms with Crippen molar-refractivity contribution in [2.75, 3.05) is 0 Å². The first-order chi connectivity index (χ1) is 17.8. The van der Waals surface area contributed by atoms with Crippen LogP contribution in [0, 0.1) is 0 Å². The number of nitrogens with zero attached hydrogens (tertiary/aromatic N) is 1. The number of aromatic amines is 1. The normalized spacial score (nSPS) is 15.1. The molecule has 0 bridgehead atoms. The van der Waals surface area contributed by atoms with Gasteiger partial charge >= 0.3 is 0 Å². The van der Waals surface area contributed by atoms with E-state index in [4.69, 9.17) is 13.8 Å². The molecule has 1 aliphatic heterocycles. The zero-order valence-electron chi connectivity index (χ0n) is 19.2. The Kier molecular flexibility index (Phi) is 3.97. The lowest BCUT2D eigenvalue weighted by atomic mass is 9.85. The third-order valence-corrected chi connectivity index (χ3v) is 7.15. The zero-order valence-corrected chi connectivity index (χ0v) is 19.2. The summed E-state index contributed by atoms with van der Waals surface area (Å²) >= 11 is 0. The molecule has 0 radical (unpaired) electrons. The fourth-order valence-corrected chi connectivity index (χ4v) is 5.54. The van der Waals surface area contributed by atoms with E-state index >= 15 is 0 Å². The van der Waals surface area contributed by atoms with Gasteiger partial charge in [-0.05, 0) is 42.0 Å². The van der Waals surface area contributed by atoms with Crippen molar-refractivity contribution in [1.82, 2.24) is 4.98 Å². The summed E-state index contributed by atoms with van der Waals surface area (Å²) in [5, 5.41) is 3.30. The maximum absolute atomic E-state index is 6.37. The first-order valence-corrected chi connectivity index (χ1v) is 12.1. The number of hydrogen-bond donors (Lipinski definition) is 1. The first-order valence-electron chi connectivity index (χ1n) is 12.1. The van der Waals surface area contributed by atoms with Crippen molar-refractivity contribution < 1.29 is 8.83 Å². The number of rotatable bonds is 3. The van der Waals surface area contributed by atoms with E-state index in [-0.39, 0.29) is 5.92 Å². The zero-order chi connectivity index (χ0) is 23.6. The van der Waals surface area contributed by atoms with Crippen LogP contribution in [-0.2, 0) is 0 Å². The van der Waals surface area contributed by atoms with Crippen LogP contribution in [0.3, 0.4) is 0 Å². The summed E-state index contributed by atoms with van der Waals surface area (Å²) in [6, 6.07) is 37.2. The number of hydrogen-bond acceptors (Lipinski definition) is 3. The molecule has 0 saturated heterocycles. The van der Waals surface area contributed by atoms with Crippen LogP contribution >= 0.6 is 0 Å². The van der Waals surface area contributed by atoms with Crippen molar-refractivity contribution in [2.45, 2.75) is 5.92 Å². The van der Waals surface area contributed by atoms with Crippen molar-refractivity contribution in [3.63, 3.8) is 0 Å². The number of aliphatic imine (C=N–C) groups is 1. The van der Waals surface area contributed by atoms with Gasteiger partial charge in [-0.2, -0.15) is 0 Å². The van der Waals surface area contributed by atoms with Crippen molar-refractivity contribution in [3.05, 3.63) is 126 Å². The number of furan rings is 2. The maximum atomic E-state index is 6.37. The second-order valence-electron chi connectivity index (χ2n) is 9.25. The molecule has 1 aliphatic rings. The van der Waals surface area contributed by atoms with Gasteiger partial charge in [-0.3, -0.25) is 0 Å². The minimum absolute atomic E-state index is 0.110. The first kappa shape index (κ1) is 19.5. The summed E-state index contributed by atoms with van der Waals surface area (Å²) in [5.41, 5.74) is 7.96. The summed E-state index contributed by atoms with van der Waals surface area (Å²) in [6.07, 6.45) is 0. The summed E-state index contributed by atoms with van der Waals surface area (Å²) in [4.78, 5) is 8.79. The van der Waals surface area contributed by atoms with Crippen molar-refractivity contribution in [2.24, 2.45) is 4.99 Å². The third-order valence-electron chi connectivity index (χ3n) is 7.15. The van der Waals surface area contributed by atoms with E-state index in [9.17, 15) is 0 Å². The van der Waals surface area contributed by atoms with Gasteiger partial charge in [0, 0.05) is 27.2 Å². The second kappa shape index (κ2) is 7.33. The Morgan fingerprint density at radius 1 is 0.639 bits per heavy atom. The van der Waals surface area contributed by atoms with Gasteiger partial charge in [0.1, 0.15) is 11.2 Å². The Bertz CT molecular complexity index is 1900. The van der Waals surface area contributed by atoms with Gasteiger partial charge in [0.2, 0.25) is 0 Å². The lowest BCUT2D eigenvalue weighted by Crippen LogP contribution is -2.11. The maximum Gasteiger partial charge on any atom is 0.151 e. The van der Waals surface area contributed by atoms with Gasteiger partial charge < -0.3 is 13.8 Å². The molecule has 4 nitrogen and oxygen atoms in total. The highest BCUT2D eigenvalue weighted by Gasteiger charge is 2.36. The Morgan fingerprint density at radius 2 is 1.28 bits per heavy atom. The number of benzene rings is 4. The fraction of sp³-hybridized carbons (Fsp3) is 0.0312. The molecule has 170 valence electrons. The predicted molar refractivity (Wildman–Crippen MR) is 144 cm³/mol. The van der Waals surface area contributed by atoms with Crippen molar-refractivity contribution in [1.29, 1.82) is 0 Å². The van der Waals surface area contributed by atoms with Crippen LogP contribution in [0.5, 0.6) is 0 Å². The largest absolute Gasteiger partial charge is 0.455 e. The minimum atomic E-state index is -0.110. The van der Waals surface area contributed by atoms with E-state index in [0.717, 1.165) is 72.6 Å². The summed E-state index contributed by atoms with van der Waals surface area (Å²) in [7, 11) is 0. The van der Waals surface area contributed by atoms with E-state index in [1.165, 1.54) is 0 Å². The molecule has 0 unspecified atom stereocenters. The number of para-hydroxylation sites is 4. The molecule has 4 aromatic carbocycles. The third kappa shape index (κ3) is 2.78. The molecule has 1 atom stereocenters. The van der Waals surface area contributed by atoms with Gasteiger partial charge in [-0.25, -0.2) is 4.99 Å². The molecule has 1 N–H and O–H groups in total. The van der Waals surface area contributed by atoms with E-state index in [1.807, 2.05) is 42.5 Å². The standard InChI is InChI=1S/C32H20N2O2/c1-7-15-25-19(9-1)17-27(35-25)31-29(21-11-3-5-13-23(21)33-31)30-22-12-4-6-14-24(22)34-32(30)28-18-20-10-2-8-16-26(20)36-28/h1-18,29,34H/t29-/m1/s1. The van der Waals surface area contributed by atoms with Gasteiger partial charge in [0.05, 0.1) is 23.0 Å². The van der Waals surface area contributed by atoms with Crippen LogP contribution in [0.15, 0.2) is 123 Å². The number of fused-ring (bicyclic) bond motifs is 4. The quantitative estimate of drug-likeness (QED) is 0.285. The smallest absolute Gasteiger partial charge is 0.151 e. The van der Waals surface area contributed by atoms with Crippen molar-refractivity contribution in [3.8, 4) is 11.5 Å². The summed E-state index contributed by atoms with van der Waals surface area (Å²) in [6.45, 7) is 0. The molecule has 0 amide bonds. The number of H-pyrrole nitrogens is 1. The topological polar surface area (TPSA) is 54.4 Å². The lowest BCUT2D eigenvalue weighted by molar-refractivity contribution is 0.602. The lowest BCUT2D eigenvalue weighted by Gasteiger charge is -2.15. The average molecular weight is 465 g/mol. The Hall–Kier alpha value is -4.83. The monoisotopic (exact) mass is 464 g/mol. The van der Waals surface area contributed by atoms with Crippen LogP contribution < -0.4 is 0 Å². The van der Waals surface area contributed by atoms with Crippen LogP contribution in [-0.4, -0.2) is 10.7 Å². The Balaban J connectivity index is 1.42. The molecule has 0 aliphatic carbocycles. The summed E-state index contributed by atoms with van der Waals surface area (Å²) < 4.78 is 12.7. The molecule has 3 aromatic heterocycles. The summed E-state index contributed by atoms with van der Waals surface area (Å²) in [5.74, 6) is 1.50. The molecule has 0 fully saturated rings.